The molecule has 0 N–H and O–H groups in total. The number of esters is 1. The highest BCUT2D eigenvalue weighted by Crippen LogP contribution is 2.21. The van der Waals surface area contributed by atoms with Gasteiger partial charge in [-0.15, -0.1) is 0 Å². The van der Waals surface area contributed by atoms with Crippen LogP contribution in [-0.4, -0.2) is 27.8 Å². The number of benzene rings is 1. The average Bonchev–Trinajstić information content (AvgIpc) is 2.87. The molecule has 0 spiro atoms. The summed E-state index contributed by atoms with van der Waals surface area (Å²) in [6, 6.07) is 6.13. The zero-order valence-corrected chi connectivity index (χ0v) is 9.44. The van der Waals surface area contributed by atoms with E-state index in [0.717, 1.165) is 0 Å². The van der Waals surface area contributed by atoms with Crippen molar-refractivity contribution in [3.8, 4) is 5.69 Å². The number of aromatic nitrogens is 2. The van der Waals surface area contributed by atoms with Crippen molar-refractivity contribution in [3.05, 3.63) is 52.3 Å². The van der Waals surface area contributed by atoms with Crippen LogP contribution < -0.4 is 0 Å². The predicted octanol–water partition coefficient (Wildman–Crippen LogP) is 1.57. The summed E-state index contributed by atoms with van der Waals surface area (Å²) in [5.41, 5.74) is 0.435. The lowest BCUT2D eigenvalue weighted by Crippen LogP contribution is -2.01. The lowest BCUT2D eigenvalue weighted by molar-refractivity contribution is -0.384. The Balaban J connectivity index is 2.46. The minimum atomic E-state index is -0.542. The lowest BCUT2D eigenvalue weighted by Gasteiger charge is -2.01. The van der Waals surface area contributed by atoms with E-state index >= 15 is 0 Å². The number of nitro benzene ring substituents is 1. The monoisotopic (exact) mass is 247 g/mol. The molecule has 0 atom stereocenters. The first-order valence-corrected chi connectivity index (χ1v) is 5.00. The molecule has 2 aromatic rings. The summed E-state index contributed by atoms with van der Waals surface area (Å²) in [5, 5.41) is 14.8. The highest BCUT2D eigenvalue weighted by molar-refractivity contribution is 5.88. The molecular weight excluding hydrogens is 238 g/mol. The number of ether oxygens (including phenoxy) is 1. The Hall–Kier alpha value is -2.70. The fraction of sp³-hybridized carbons (Fsp3) is 0.0909. The van der Waals surface area contributed by atoms with E-state index in [1.54, 1.807) is 18.2 Å². The number of nitro groups is 1. The van der Waals surface area contributed by atoms with E-state index < -0.39 is 10.9 Å². The average molecular weight is 247 g/mol. The van der Waals surface area contributed by atoms with Crippen molar-refractivity contribution in [2.45, 2.75) is 0 Å². The van der Waals surface area contributed by atoms with Crippen LogP contribution in [0.25, 0.3) is 5.69 Å². The van der Waals surface area contributed by atoms with E-state index in [9.17, 15) is 14.9 Å². The van der Waals surface area contributed by atoms with E-state index in [1.807, 2.05) is 0 Å². The van der Waals surface area contributed by atoms with Gasteiger partial charge in [-0.1, -0.05) is 12.1 Å². The van der Waals surface area contributed by atoms with Gasteiger partial charge in [-0.05, 0) is 6.07 Å². The summed E-state index contributed by atoms with van der Waals surface area (Å²) in [5.74, 6) is -0.542. The van der Waals surface area contributed by atoms with Crippen LogP contribution in [0, 0.1) is 10.1 Å². The first-order chi connectivity index (χ1) is 8.63. The fourth-order valence-electron chi connectivity index (χ4n) is 1.49. The number of carbonyl (C=O) groups excluding carboxylic acids is 1. The van der Waals surface area contributed by atoms with Gasteiger partial charge in [0.1, 0.15) is 5.69 Å². The second kappa shape index (κ2) is 4.66. The van der Waals surface area contributed by atoms with Crippen LogP contribution in [0.1, 0.15) is 10.4 Å². The van der Waals surface area contributed by atoms with E-state index in [0.29, 0.717) is 0 Å². The lowest BCUT2D eigenvalue weighted by atomic mass is 10.2. The number of rotatable bonds is 3. The number of carbonyl (C=O) groups is 1. The summed E-state index contributed by atoms with van der Waals surface area (Å²) in [4.78, 5) is 21.6. The molecule has 92 valence electrons. The fourth-order valence-corrected chi connectivity index (χ4v) is 1.49. The third-order valence-electron chi connectivity index (χ3n) is 2.33. The van der Waals surface area contributed by atoms with Crippen LogP contribution >= 0.6 is 0 Å². The van der Waals surface area contributed by atoms with Crippen LogP contribution in [0.4, 0.5) is 5.69 Å². The Morgan fingerprint density at radius 3 is 2.83 bits per heavy atom. The van der Waals surface area contributed by atoms with Crippen LogP contribution in [0.15, 0.2) is 36.7 Å². The molecule has 0 bridgehead atoms. The topological polar surface area (TPSA) is 87.3 Å². The molecule has 2 rings (SSSR count). The molecule has 0 saturated carbocycles. The summed E-state index contributed by atoms with van der Waals surface area (Å²) in [7, 11) is 1.25. The Morgan fingerprint density at radius 2 is 2.17 bits per heavy atom. The van der Waals surface area contributed by atoms with Crippen molar-refractivity contribution in [1.29, 1.82) is 0 Å². The van der Waals surface area contributed by atoms with Crippen LogP contribution in [-0.2, 0) is 4.74 Å². The molecule has 0 unspecified atom stereocenters. The Morgan fingerprint density at radius 1 is 1.44 bits per heavy atom. The normalized spacial score (nSPS) is 10.1. The highest BCUT2D eigenvalue weighted by atomic mass is 16.6. The smallest absolute Gasteiger partial charge is 0.341 e. The van der Waals surface area contributed by atoms with Gasteiger partial charge in [-0.3, -0.25) is 10.1 Å². The standard InChI is InChI=1S/C11H9N3O4/c1-18-11(15)8-6-12-13(7-8)9-4-2-3-5-10(9)14(16)17/h2-7H,1H3. The summed E-state index contributed by atoms with van der Waals surface area (Å²) in [6.07, 6.45) is 2.68. The van der Waals surface area contributed by atoms with E-state index in [1.165, 1.54) is 30.3 Å². The molecule has 0 amide bonds. The van der Waals surface area contributed by atoms with E-state index in [4.69, 9.17) is 0 Å². The van der Waals surface area contributed by atoms with Crippen molar-refractivity contribution < 1.29 is 14.5 Å². The molecule has 0 radical (unpaired) electrons. The van der Waals surface area contributed by atoms with Gasteiger partial charge in [0.05, 0.1) is 23.8 Å². The second-order valence-electron chi connectivity index (χ2n) is 3.41. The maximum atomic E-state index is 11.3. The number of hydrogen-bond acceptors (Lipinski definition) is 5. The number of nitrogens with zero attached hydrogens (tertiary/aromatic N) is 3. The van der Waals surface area contributed by atoms with Crippen molar-refractivity contribution in [2.75, 3.05) is 7.11 Å². The largest absolute Gasteiger partial charge is 0.465 e. The maximum Gasteiger partial charge on any atom is 0.341 e. The molecule has 7 nitrogen and oxygen atoms in total. The Bertz CT molecular complexity index is 606. The van der Waals surface area contributed by atoms with Gasteiger partial charge in [-0.2, -0.15) is 5.10 Å². The van der Waals surface area contributed by atoms with Gasteiger partial charge in [-0.25, -0.2) is 9.48 Å². The zero-order chi connectivity index (χ0) is 13.1. The number of hydrogen-bond donors (Lipinski definition) is 0. The number of para-hydroxylation sites is 2. The first kappa shape index (κ1) is 11.8. The minimum Gasteiger partial charge on any atom is -0.465 e. The van der Waals surface area contributed by atoms with Crippen LogP contribution in [0.2, 0.25) is 0 Å². The molecular formula is C11H9N3O4. The Labute approximate surface area is 102 Å². The van der Waals surface area contributed by atoms with Crippen molar-refractivity contribution in [2.24, 2.45) is 0 Å². The van der Waals surface area contributed by atoms with Crippen molar-refractivity contribution in [3.63, 3.8) is 0 Å². The molecule has 7 heteroatoms. The van der Waals surface area contributed by atoms with Gasteiger partial charge in [0, 0.05) is 12.3 Å². The molecule has 0 fully saturated rings. The second-order valence-corrected chi connectivity index (χ2v) is 3.41. The minimum absolute atomic E-state index is 0.0861. The SMILES string of the molecule is COC(=O)c1cnn(-c2ccccc2[N+](=O)[O-])c1. The van der Waals surface area contributed by atoms with E-state index in [2.05, 4.69) is 9.84 Å². The van der Waals surface area contributed by atoms with Gasteiger partial charge in [0.25, 0.3) is 5.69 Å². The predicted molar refractivity (Wildman–Crippen MR) is 61.6 cm³/mol. The van der Waals surface area contributed by atoms with Crippen molar-refractivity contribution >= 4 is 11.7 Å². The highest BCUT2D eigenvalue weighted by Gasteiger charge is 2.16. The van der Waals surface area contributed by atoms with Gasteiger partial charge in [0.15, 0.2) is 0 Å². The zero-order valence-electron chi connectivity index (χ0n) is 9.44. The first-order valence-electron chi connectivity index (χ1n) is 5.00. The summed E-state index contributed by atoms with van der Waals surface area (Å²) in [6.45, 7) is 0. The molecule has 0 aliphatic rings. The third kappa shape index (κ3) is 2.05. The summed E-state index contributed by atoms with van der Waals surface area (Å²) >= 11 is 0. The molecule has 1 aromatic heterocycles. The molecule has 1 heterocycles. The molecule has 0 aliphatic carbocycles. The molecule has 1 aromatic carbocycles. The van der Waals surface area contributed by atoms with Gasteiger partial charge >= 0.3 is 5.97 Å². The van der Waals surface area contributed by atoms with Crippen LogP contribution in [0.3, 0.4) is 0 Å². The van der Waals surface area contributed by atoms with Gasteiger partial charge < -0.3 is 4.74 Å². The maximum absolute atomic E-state index is 11.3. The number of methoxy groups -OCH3 is 1. The molecule has 0 saturated heterocycles. The van der Waals surface area contributed by atoms with Gasteiger partial charge in [0.2, 0.25) is 0 Å². The Kier molecular flexibility index (Phi) is 3.05. The summed E-state index contributed by atoms with van der Waals surface area (Å²) < 4.78 is 5.81. The quantitative estimate of drug-likeness (QED) is 0.466. The molecule has 18 heavy (non-hydrogen) atoms. The third-order valence-corrected chi connectivity index (χ3v) is 2.33. The van der Waals surface area contributed by atoms with E-state index in [-0.39, 0.29) is 16.9 Å². The van der Waals surface area contributed by atoms with Crippen LogP contribution in [0.5, 0.6) is 0 Å². The van der Waals surface area contributed by atoms with Crippen molar-refractivity contribution in [1.82, 2.24) is 9.78 Å². The molecule has 0 aliphatic heterocycles.